The molecule has 1 nitrogen and oxygen atoms in total. The van der Waals surface area contributed by atoms with Crippen molar-refractivity contribution in [3.8, 4) is 0 Å². The third-order valence-electron chi connectivity index (χ3n) is 1.88. The molecule has 0 spiro atoms. The van der Waals surface area contributed by atoms with Crippen LogP contribution in [-0.2, 0) is 0 Å². The number of hydrogen-bond donors (Lipinski definition) is 1. The van der Waals surface area contributed by atoms with Gasteiger partial charge in [-0.25, -0.2) is 0 Å². The van der Waals surface area contributed by atoms with Gasteiger partial charge in [-0.2, -0.15) is 0 Å². The van der Waals surface area contributed by atoms with E-state index in [1.807, 2.05) is 0 Å². The van der Waals surface area contributed by atoms with Crippen LogP contribution in [0.5, 0.6) is 0 Å². The van der Waals surface area contributed by atoms with Crippen LogP contribution in [0.25, 0.3) is 0 Å². The first kappa shape index (κ1) is 7.42. The molecule has 54 valence electrons. The Balaban J connectivity index is 2.41. The van der Waals surface area contributed by atoms with Gasteiger partial charge in [0.15, 0.2) is 0 Å². The molecule has 1 heterocycles. The Bertz CT molecular complexity index is 101. The van der Waals surface area contributed by atoms with Gasteiger partial charge < -0.3 is 0 Å². The van der Waals surface area contributed by atoms with E-state index in [-0.39, 0.29) is 0 Å². The molecule has 0 atom stereocenters. The zero-order valence-corrected chi connectivity index (χ0v) is 7.12. The van der Waals surface area contributed by atoms with Crippen molar-refractivity contribution in [2.24, 2.45) is 5.41 Å². The van der Waals surface area contributed by atoms with Gasteiger partial charge in [-0.1, -0.05) is 26.7 Å². The second-order valence-electron chi connectivity index (χ2n) is 3.66. The first-order valence-corrected chi connectivity index (χ1v) is 3.94. The van der Waals surface area contributed by atoms with E-state index in [2.05, 4.69) is 31.0 Å². The zero-order chi connectivity index (χ0) is 6.91. The molecule has 1 fully saturated rings. The minimum absolute atomic E-state index is 0.500. The van der Waals surface area contributed by atoms with E-state index >= 15 is 0 Å². The maximum atomic E-state index is 4.31. The number of rotatable bonds is 0. The number of piperidine rings is 1. The first-order chi connectivity index (χ1) is 4.10. The van der Waals surface area contributed by atoms with E-state index in [1.54, 1.807) is 0 Å². The van der Waals surface area contributed by atoms with Crippen LogP contribution >= 0.6 is 12.8 Å². The molecule has 0 aromatic carbocycles. The molecule has 0 aliphatic carbocycles. The second kappa shape index (κ2) is 2.51. The molecule has 0 saturated carbocycles. The quantitative estimate of drug-likeness (QED) is 0.510. The van der Waals surface area contributed by atoms with Gasteiger partial charge in [0.1, 0.15) is 0 Å². The molecule has 0 radical (unpaired) electrons. The lowest BCUT2D eigenvalue weighted by Crippen LogP contribution is -2.34. The highest BCUT2D eigenvalue weighted by molar-refractivity contribution is 7.77. The van der Waals surface area contributed by atoms with E-state index in [9.17, 15) is 0 Å². The van der Waals surface area contributed by atoms with Crippen molar-refractivity contribution in [2.75, 3.05) is 13.1 Å². The molecule has 9 heavy (non-hydrogen) atoms. The summed E-state index contributed by atoms with van der Waals surface area (Å²) in [7, 11) is 0. The highest BCUT2D eigenvalue weighted by atomic mass is 32.1. The van der Waals surface area contributed by atoms with Crippen molar-refractivity contribution in [2.45, 2.75) is 26.7 Å². The molecular weight excluding hydrogens is 130 g/mol. The summed E-state index contributed by atoms with van der Waals surface area (Å²) in [5, 5.41) is 0. The van der Waals surface area contributed by atoms with E-state index < -0.39 is 0 Å². The monoisotopic (exact) mass is 145 g/mol. The summed E-state index contributed by atoms with van der Waals surface area (Å²) in [6, 6.07) is 0. The van der Waals surface area contributed by atoms with Crippen molar-refractivity contribution in [1.29, 1.82) is 0 Å². The van der Waals surface area contributed by atoms with Gasteiger partial charge in [-0.15, -0.1) is 0 Å². The Morgan fingerprint density at radius 2 is 2.11 bits per heavy atom. The lowest BCUT2D eigenvalue weighted by Gasteiger charge is -2.34. The van der Waals surface area contributed by atoms with Gasteiger partial charge in [0, 0.05) is 13.1 Å². The van der Waals surface area contributed by atoms with Crippen LogP contribution in [0.1, 0.15) is 26.7 Å². The molecule has 1 saturated heterocycles. The van der Waals surface area contributed by atoms with Crippen LogP contribution < -0.4 is 0 Å². The summed E-state index contributed by atoms with van der Waals surface area (Å²) in [5.74, 6) is 0. The molecule has 0 aromatic rings. The maximum Gasteiger partial charge on any atom is 0.0138 e. The fourth-order valence-corrected chi connectivity index (χ4v) is 1.92. The number of thiol groups is 1. The van der Waals surface area contributed by atoms with Gasteiger partial charge >= 0.3 is 0 Å². The average Bonchev–Trinajstić information content (AvgIpc) is 1.60. The van der Waals surface area contributed by atoms with Gasteiger partial charge in [-0.05, 0) is 18.3 Å². The largest absolute Gasteiger partial charge is 0.253 e. The van der Waals surface area contributed by atoms with Crippen molar-refractivity contribution < 1.29 is 0 Å². The summed E-state index contributed by atoms with van der Waals surface area (Å²) in [6.45, 7) is 6.90. The Morgan fingerprint density at radius 1 is 1.44 bits per heavy atom. The van der Waals surface area contributed by atoms with E-state index in [0.717, 1.165) is 13.1 Å². The molecular formula is C7H15NS. The molecule has 0 aromatic heterocycles. The van der Waals surface area contributed by atoms with Gasteiger partial charge in [-0.3, -0.25) is 4.31 Å². The summed E-state index contributed by atoms with van der Waals surface area (Å²) in [5.41, 5.74) is 0.500. The lowest BCUT2D eigenvalue weighted by atomic mass is 9.85. The summed E-state index contributed by atoms with van der Waals surface area (Å²) < 4.78 is 2.11. The Kier molecular flexibility index (Phi) is 2.07. The van der Waals surface area contributed by atoms with Crippen LogP contribution in [0.4, 0.5) is 0 Å². The summed E-state index contributed by atoms with van der Waals surface area (Å²) in [6.07, 6.45) is 2.65. The third kappa shape index (κ3) is 2.18. The Morgan fingerprint density at radius 3 is 2.44 bits per heavy atom. The fourth-order valence-electron chi connectivity index (χ4n) is 1.39. The van der Waals surface area contributed by atoms with Crippen LogP contribution in [0.15, 0.2) is 0 Å². The maximum absolute atomic E-state index is 4.31. The van der Waals surface area contributed by atoms with Crippen LogP contribution in [0.3, 0.4) is 0 Å². The lowest BCUT2D eigenvalue weighted by molar-refractivity contribution is 0.200. The highest BCUT2D eigenvalue weighted by Crippen LogP contribution is 2.28. The van der Waals surface area contributed by atoms with E-state index in [1.165, 1.54) is 12.8 Å². The topological polar surface area (TPSA) is 3.24 Å². The molecule has 0 bridgehead atoms. The number of hydrogen-bond acceptors (Lipinski definition) is 2. The minimum atomic E-state index is 0.500. The predicted octanol–water partition coefficient (Wildman–Crippen LogP) is 1.95. The normalized spacial score (nSPS) is 28.3. The average molecular weight is 145 g/mol. The van der Waals surface area contributed by atoms with Crippen molar-refractivity contribution in [3.63, 3.8) is 0 Å². The minimum Gasteiger partial charge on any atom is -0.253 e. The zero-order valence-electron chi connectivity index (χ0n) is 6.22. The third-order valence-corrected chi connectivity index (χ3v) is 2.22. The van der Waals surface area contributed by atoms with Crippen LogP contribution in [0, 0.1) is 5.41 Å². The molecule has 0 N–H and O–H groups in total. The van der Waals surface area contributed by atoms with Crippen LogP contribution in [0.2, 0.25) is 0 Å². The molecule has 1 aliphatic heterocycles. The predicted molar refractivity (Wildman–Crippen MR) is 43.6 cm³/mol. The molecule has 0 unspecified atom stereocenters. The number of nitrogens with zero attached hydrogens (tertiary/aromatic N) is 1. The smallest absolute Gasteiger partial charge is 0.0138 e. The van der Waals surface area contributed by atoms with Crippen molar-refractivity contribution in [1.82, 2.24) is 4.31 Å². The molecule has 0 amide bonds. The SMILES string of the molecule is CC1(C)CCCN(S)C1. The van der Waals surface area contributed by atoms with Crippen molar-refractivity contribution in [3.05, 3.63) is 0 Å². The molecule has 1 aliphatic rings. The van der Waals surface area contributed by atoms with E-state index in [4.69, 9.17) is 0 Å². The molecule has 2 heteroatoms. The van der Waals surface area contributed by atoms with Gasteiger partial charge in [0.2, 0.25) is 0 Å². The molecule has 1 rings (SSSR count). The van der Waals surface area contributed by atoms with Gasteiger partial charge in [0.25, 0.3) is 0 Å². The summed E-state index contributed by atoms with van der Waals surface area (Å²) in [4.78, 5) is 0. The Labute approximate surface area is 63.0 Å². The fraction of sp³-hybridized carbons (Fsp3) is 1.00. The Hall–Kier alpha value is 0.310. The van der Waals surface area contributed by atoms with Crippen LogP contribution in [-0.4, -0.2) is 17.4 Å². The first-order valence-electron chi connectivity index (χ1n) is 3.54. The van der Waals surface area contributed by atoms with E-state index in [0.29, 0.717) is 5.41 Å². The van der Waals surface area contributed by atoms with Crippen molar-refractivity contribution >= 4 is 12.8 Å². The standard InChI is InChI=1S/C7H15NS/c1-7(2)4-3-5-8(9)6-7/h9H,3-6H2,1-2H3. The second-order valence-corrected chi connectivity index (χ2v) is 4.22. The summed E-state index contributed by atoms with van der Waals surface area (Å²) >= 11 is 4.31. The van der Waals surface area contributed by atoms with Gasteiger partial charge in [0.05, 0.1) is 0 Å². The highest BCUT2D eigenvalue weighted by Gasteiger charge is 2.24.